The summed E-state index contributed by atoms with van der Waals surface area (Å²) in [5.41, 5.74) is 0.668. The molecule has 1 fully saturated rings. The standard InChI is InChI=1S/C11H12FNO2S/c12-8-1-2-10(9(7-8)11(14)15)13-3-5-16-6-4-13/h1-2,7H,3-6H2,(H,14,15). The van der Waals surface area contributed by atoms with Crippen LogP contribution in [0.15, 0.2) is 18.2 Å². The molecule has 0 spiro atoms. The number of hydrogen-bond acceptors (Lipinski definition) is 3. The van der Waals surface area contributed by atoms with E-state index in [1.54, 1.807) is 6.07 Å². The highest BCUT2D eigenvalue weighted by Gasteiger charge is 2.18. The van der Waals surface area contributed by atoms with E-state index in [2.05, 4.69) is 0 Å². The zero-order valence-corrected chi connectivity index (χ0v) is 9.47. The Morgan fingerprint density at radius 1 is 1.38 bits per heavy atom. The summed E-state index contributed by atoms with van der Waals surface area (Å²) < 4.78 is 13.0. The van der Waals surface area contributed by atoms with E-state index in [0.29, 0.717) is 5.69 Å². The maximum Gasteiger partial charge on any atom is 0.337 e. The van der Waals surface area contributed by atoms with E-state index in [9.17, 15) is 9.18 Å². The predicted molar refractivity (Wildman–Crippen MR) is 62.9 cm³/mol. The van der Waals surface area contributed by atoms with Gasteiger partial charge in [-0.2, -0.15) is 11.8 Å². The molecule has 0 bridgehead atoms. The fourth-order valence-electron chi connectivity index (χ4n) is 1.76. The van der Waals surface area contributed by atoms with E-state index in [4.69, 9.17) is 5.11 Å². The van der Waals surface area contributed by atoms with Crippen LogP contribution in [0.1, 0.15) is 10.4 Å². The molecule has 1 aromatic carbocycles. The SMILES string of the molecule is O=C(O)c1cc(F)ccc1N1CCSCC1. The molecule has 1 aliphatic heterocycles. The van der Waals surface area contributed by atoms with Crippen molar-refractivity contribution in [2.75, 3.05) is 29.5 Å². The molecule has 0 aromatic heterocycles. The van der Waals surface area contributed by atoms with Gasteiger partial charge in [0.15, 0.2) is 0 Å². The van der Waals surface area contributed by atoms with Crippen LogP contribution in [0, 0.1) is 5.82 Å². The van der Waals surface area contributed by atoms with Crippen LogP contribution in [-0.4, -0.2) is 35.7 Å². The molecular formula is C11H12FNO2S. The summed E-state index contributed by atoms with van der Waals surface area (Å²) in [4.78, 5) is 13.0. The maximum atomic E-state index is 13.0. The van der Waals surface area contributed by atoms with E-state index in [1.807, 2.05) is 16.7 Å². The minimum absolute atomic E-state index is 0.0481. The molecule has 1 saturated heterocycles. The van der Waals surface area contributed by atoms with E-state index < -0.39 is 11.8 Å². The number of carboxylic acids is 1. The molecule has 16 heavy (non-hydrogen) atoms. The van der Waals surface area contributed by atoms with Crippen molar-refractivity contribution in [2.24, 2.45) is 0 Å². The topological polar surface area (TPSA) is 40.5 Å². The number of carbonyl (C=O) groups is 1. The van der Waals surface area contributed by atoms with Gasteiger partial charge in [0.05, 0.1) is 11.3 Å². The average Bonchev–Trinajstić information content (AvgIpc) is 2.30. The molecule has 5 heteroatoms. The number of hydrogen-bond donors (Lipinski definition) is 1. The molecule has 0 saturated carbocycles. The van der Waals surface area contributed by atoms with Gasteiger partial charge in [-0.15, -0.1) is 0 Å². The molecule has 1 aromatic rings. The number of benzene rings is 1. The Morgan fingerprint density at radius 3 is 2.69 bits per heavy atom. The minimum atomic E-state index is -1.08. The van der Waals surface area contributed by atoms with Gasteiger partial charge in [-0.3, -0.25) is 0 Å². The second-order valence-corrected chi connectivity index (χ2v) is 4.79. The van der Waals surface area contributed by atoms with Gasteiger partial charge in [-0.1, -0.05) is 0 Å². The number of aromatic carboxylic acids is 1. The highest BCUT2D eigenvalue weighted by atomic mass is 32.2. The minimum Gasteiger partial charge on any atom is -0.478 e. The number of carboxylic acid groups (broad SMARTS) is 1. The predicted octanol–water partition coefficient (Wildman–Crippen LogP) is 2.08. The van der Waals surface area contributed by atoms with Gasteiger partial charge in [-0.25, -0.2) is 9.18 Å². The lowest BCUT2D eigenvalue weighted by molar-refractivity contribution is 0.0697. The Morgan fingerprint density at radius 2 is 2.06 bits per heavy atom. The zero-order chi connectivity index (χ0) is 11.5. The lowest BCUT2D eigenvalue weighted by atomic mass is 10.1. The van der Waals surface area contributed by atoms with Gasteiger partial charge in [0, 0.05) is 24.6 Å². The van der Waals surface area contributed by atoms with Crippen molar-refractivity contribution < 1.29 is 14.3 Å². The van der Waals surface area contributed by atoms with Crippen LogP contribution in [0.2, 0.25) is 0 Å². The highest BCUT2D eigenvalue weighted by Crippen LogP contribution is 2.24. The van der Waals surface area contributed by atoms with Crippen LogP contribution in [0.25, 0.3) is 0 Å². The summed E-state index contributed by atoms with van der Waals surface area (Å²) in [7, 11) is 0. The molecule has 0 aliphatic carbocycles. The largest absolute Gasteiger partial charge is 0.478 e. The Balaban J connectivity index is 2.34. The van der Waals surface area contributed by atoms with Crippen molar-refractivity contribution in [1.82, 2.24) is 0 Å². The third-order valence-electron chi connectivity index (χ3n) is 2.54. The maximum absolute atomic E-state index is 13.0. The van der Waals surface area contributed by atoms with Crippen LogP contribution in [0.5, 0.6) is 0 Å². The van der Waals surface area contributed by atoms with Crippen LogP contribution in [0.4, 0.5) is 10.1 Å². The second kappa shape index (κ2) is 4.74. The second-order valence-electron chi connectivity index (χ2n) is 3.57. The Hall–Kier alpha value is -1.23. The first-order chi connectivity index (χ1) is 7.68. The molecule has 0 amide bonds. The number of anilines is 1. The molecule has 0 atom stereocenters. The molecule has 2 rings (SSSR count). The van der Waals surface area contributed by atoms with Crippen LogP contribution in [-0.2, 0) is 0 Å². The molecule has 1 N–H and O–H groups in total. The molecule has 0 radical (unpaired) electrons. The monoisotopic (exact) mass is 241 g/mol. The Kier molecular flexibility index (Phi) is 3.33. The summed E-state index contributed by atoms with van der Waals surface area (Å²) in [5, 5.41) is 9.02. The number of thioether (sulfide) groups is 1. The zero-order valence-electron chi connectivity index (χ0n) is 8.65. The summed E-state index contributed by atoms with van der Waals surface area (Å²) in [6.07, 6.45) is 0. The van der Waals surface area contributed by atoms with E-state index >= 15 is 0 Å². The first-order valence-corrected chi connectivity index (χ1v) is 6.19. The van der Waals surface area contributed by atoms with Gasteiger partial charge >= 0.3 is 5.97 Å². The fraction of sp³-hybridized carbons (Fsp3) is 0.364. The van der Waals surface area contributed by atoms with E-state index in [-0.39, 0.29) is 5.56 Å². The third kappa shape index (κ3) is 2.29. The van der Waals surface area contributed by atoms with Gasteiger partial charge < -0.3 is 10.0 Å². The number of nitrogens with zero attached hydrogens (tertiary/aromatic N) is 1. The van der Waals surface area contributed by atoms with Gasteiger partial charge in [0.1, 0.15) is 5.82 Å². The molecule has 1 aliphatic rings. The van der Waals surface area contributed by atoms with Crippen LogP contribution >= 0.6 is 11.8 Å². The van der Waals surface area contributed by atoms with Crippen molar-refractivity contribution in [1.29, 1.82) is 0 Å². The number of halogens is 1. The van der Waals surface area contributed by atoms with Gasteiger partial charge in [-0.05, 0) is 18.2 Å². The lowest BCUT2D eigenvalue weighted by Crippen LogP contribution is -2.33. The van der Waals surface area contributed by atoms with Gasteiger partial charge in [0.25, 0.3) is 0 Å². The summed E-state index contributed by atoms with van der Waals surface area (Å²) in [6.45, 7) is 1.63. The van der Waals surface area contributed by atoms with Gasteiger partial charge in [0.2, 0.25) is 0 Å². The third-order valence-corrected chi connectivity index (χ3v) is 3.48. The summed E-state index contributed by atoms with van der Waals surface area (Å²) >= 11 is 1.85. The molecule has 0 unspecified atom stereocenters. The Labute approximate surface area is 97.3 Å². The van der Waals surface area contributed by atoms with Crippen molar-refractivity contribution >= 4 is 23.4 Å². The summed E-state index contributed by atoms with van der Waals surface area (Å²) in [5.74, 6) is 0.382. The normalized spacial score (nSPS) is 16.2. The van der Waals surface area contributed by atoms with Crippen molar-refractivity contribution in [3.63, 3.8) is 0 Å². The van der Waals surface area contributed by atoms with E-state index in [0.717, 1.165) is 30.7 Å². The smallest absolute Gasteiger partial charge is 0.337 e. The van der Waals surface area contributed by atoms with E-state index in [1.165, 1.54) is 6.07 Å². The first kappa shape index (κ1) is 11.3. The highest BCUT2D eigenvalue weighted by molar-refractivity contribution is 7.99. The molecule has 86 valence electrons. The molecular weight excluding hydrogens is 229 g/mol. The number of rotatable bonds is 2. The van der Waals surface area contributed by atoms with Crippen LogP contribution in [0.3, 0.4) is 0 Å². The van der Waals surface area contributed by atoms with Crippen molar-refractivity contribution in [3.05, 3.63) is 29.6 Å². The lowest BCUT2D eigenvalue weighted by Gasteiger charge is -2.29. The van der Waals surface area contributed by atoms with Crippen molar-refractivity contribution in [2.45, 2.75) is 0 Å². The fourth-order valence-corrected chi connectivity index (χ4v) is 2.66. The molecule has 1 heterocycles. The summed E-state index contributed by atoms with van der Waals surface area (Å²) in [6, 6.07) is 3.94. The average molecular weight is 241 g/mol. The quantitative estimate of drug-likeness (QED) is 0.860. The Bertz CT molecular complexity index is 405. The van der Waals surface area contributed by atoms with Crippen LogP contribution < -0.4 is 4.90 Å². The molecule has 3 nitrogen and oxygen atoms in total. The van der Waals surface area contributed by atoms with Crippen molar-refractivity contribution in [3.8, 4) is 0 Å². The first-order valence-electron chi connectivity index (χ1n) is 5.04.